The van der Waals surface area contributed by atoms with Crippen LogP contribution in [0.25, 0.3) is 32.8 Å². The van der Waals surface area contributed by atoms with Crippen LogP contribution in [0.4, 0.5) is 0 Å². The first kappa shape index (κ1) is 9.35. The molecule has 0 radical (unpaired) electrons. The number of aromatic nitrogens is 4. The predicted molar refractivity (Wildman–Crippen MR) is 69.5 cm³/mol. The first-order valence-corrected chi connectivity index (χ1v) is 5.57. The van der Waals surface area contributed by atoms with Crippen molar-refractivity contribution in [3.05, 3.63) is 46.9 Å². The van der Waals surface area contributed by atoms with Crippen molar-refractivity contribution in [1.82, 2.24) is 20.2 Å². The van der Waals surface area contributed by atoms with Gasteiger partial charge in [0.25, 0.3) is 0 Å². The summed E-state index contributed by atoms with van der Waals surface area (Å²) in [6.07, 6.45) is 3.40. The van der Waals surface area contributed by atoms with E-state index in [0.29, 0.717) is 16.4 Å². The highest BCUT2D eigenvalue weighted by molar-refractivity contribution is 5.98. The molecule has 0 atom stereocenters. The van der Waals surface area contributed by atoms with E-state index in [1.165, 1.54) is 0 Å². The Morgan fingerprint density at radius 2 is 2.06 bits per heavy atom. The van der Waals surface area contributed by atoms with Gasteiger partial charge in [0.2, 0.25) is 0 Å². The normalized spacial score (nSPS) is 11.6. The highest BCUT2D eigenvalue weighted by Gasteiger charge is 2.07. The molecule has 0 saturated carbocycles. The molecule has 5 nitrogen and oxygen atoms in total. The quantitative estimate of drug-likeness (QED) is 0.458. The van der Waals surface area contributed by atoms with Gasteiger partial charge in [-0.3, -0.25) is 9.89 Å². The lowest BCUT2D eigenvalue weighted by molar-refractivity contribution is 1.12. The summed E-state index contributed by atoms with van der Waals surface area (Å²) in [5.41, 5.74) is 2.23. The molecule has 18 heavy (non-hydrogen) atoms. The van der Waals surface area contributed by atoms with E-state index in [1.54, 1.807) is 24.5 Å². The second-order valence-electron chi connectivity index (χ2n) is 4.21. The topological polar surface area (TPSA) is 74.4 Å². The van der Waals surface area contributed by atoms with E-state index < -0.39 is 0 Å². The Morgan fingerprint density at radius 3 is 3.00 bits per heavy atom. The monoisotopic (exact) mass is 236 g/mol. The van der Waals surface area contributed by atoms with Crippen molar-refractivity contribution in [3.8, 4) is 0 Å². The first-order valence-electron chi connectivity index (χ1n) is 5.57. The molecule has 2 N–H and O–H groups in total. The van der Waals surface area contributed by atoms with Gasteiger partial charge in [0.15, 0.2) is 5.43 Å². The molecular formula is C13H8N4O. The molecule has 0 aliphatic rings. The molecule has 3 aromatic heterocycles. The summed E-state index contributed by atoms with van der Waals surface area (Å²) in [6.45, 7) is 0. The summed E-state index contributed by atoms with van der Waals surface area (Å²) in [6, 6.07) is 7.27. The Labute approximate surface area is 100 Å². The van der Waals surface area contributed by atoms with Crippen LogP contribution in [-0.2, 0) is 0 Å². The molecule has 86 valence electrons. The van der Waals surface area contributed by atoms with E-state index in [1.807, 2.05) is 12.1 Å². The zero-order chi connectivity index (χ0) is 12.1. The Bertz CT molecular complexity index is 951. The molecule has 3 heterocycles. The zero-order valence-corrected chi connectivity index (χ0v) is 9.27. The van der Waals surface area contributed by atoms with E-state index >= 15 is 0 Å². The lowest BCUT2D eigenvalue weighted by Gasteiger charge is -2.01. The molecule has 0 spiro atoms. The number of nitrogens with zero attached hydrogens (tertiary/aromatic N) is 2. The lowest BCUT2D eigenvalue weighted by Crippen LogP contribution is -2.04. The van der Waals surface area contributed by atoms with Gasteiger partial charge < -0.3 is 4.98 Å². The Hall–Kier alpha value is -2.69. The van der Waals surface area contributed by atoms with E-state index in [4.69, 9.17) is 0 Å². The third-order valence-corrected chi connectivity index (χ3v) is 3.13. The number of pyridine rings is 2. The van der Waals surface area contributed by atoms with Gasteiger partial charge in [-0.1, -0.05) is 0 Å². The van der Waals surface area contributed by atoms with E-state index in [-0.39, 0.29) is 5.43 Å². The van der Waals surface area contributed by atoms with Gasteiger partial charge in [0.05, 0.1) is 22.6 Å². The summed E-state index contributed by atoms with van der Waals surface area (Å²) >= 11 is 0. The van der Waals surface area contributed by atoms with Crippen molar-refractivity contribution in [2.24, 2.45) is 0 Å². The fourth-order valence-corrected chi connectivity index (χ4v) is 2.24. The highest BCUT2D eigenvalue weighted by Crippen LogP contribution is 2.19. The Morgan fingerprint density at radius 1 is 1.11 bits per heavy atom. The fourth-order valence-electron chi connectivity index (χ4n) is 2.24. The molecule has 4 rings (SSSR count). The molecule has 0 bridgehead atoms. The standard InChI is InChI=1S/C13H8N4O/c18-12-8-2-1-3-14-13(8)16-11-4-7-6-15-17-10(7)5-9(11)12/h1-6H,(H,15,17)(H,14,16,18). The molecule has 0 aliphatic carbocycles. The van der Waals surface area contributed by atoms with Crippen LogP contribution in [0.5, 0.6) is 0 Å². The van der Waals surface area contributed by atoms with Crippen LogP contribution in [0.1, 0.15) is 0 Å². The van der Waals surface area contributed by atoms with Crippen molar-refractivity contribution < 1.29 is 0 Å². The molecule has 0 amide bonds. The maximum Gasteiger partial charge on any atom is 0.198 e. The summed E-state index contributed by atoms with van der Waals surface area (Å²) in [5.74, 6) is 0. The van der Waals surface area contributed by atoms with Crippen LogP contribution in [0, 0.1) is 0 Å². The van der Waals surface area contributed by atoms with Crippen LogP contribution in [-0.4, -0.2) is 20.2 Å². The summed E-state index contributed by atoms with van der Waals surface area (Å²) in [7, 11) is 0. The van der Waals surface area contributed by atoms with Crippen molar-refractivity contribution in [2.45, 2.75) is 0 Å². The average Bonchev–Trinajstić information content (AvgIpc) is 2.84. The number of nitrogens with one attached hydrogen (secondary N) is 2. The largest absolute Gasteiger partial charge is 0.339 e. The van der Waals surface area contributed by atoms with E-state index in [9.17, 15) is 4.79 Å². The fraction of sp³-hybridized carbons (Fsp3) is 0. The molecule has 0 unspecified atom stereocenters. The second kappa shape index (κ2) is 3.16. The van der Waals surface area contributed by atoms with Crippen LogP contribution < -0.4 is 5.43 Å². The van der Waals surface area contributed by atoms with Crippen molar-refractivity contribution in [3.63, 3.8) is 0 Å². The summed E-state index contributed by atoms with van der Waals surface area (Å²) in [4.78, 5) is 19.7. The molecule has 0 fully saturated rings. The van der Waals surface area contributed by atoms with Crippen LogP contribution in [0.3, 0.4) is 0 Å². The molecule has 1 aromatic carbocycles. The Kier molecular flexibility index (Phi) is 1.64. The maximum absolute atomic E-state index is 12.4. The van der Waals surface area contributed by atoms with Gasteiger partial charge in [-0.25, -0.2) is 4.98 Å². The lowest BCUT2D eigenvalue weighted by atomic mass is 10.1. The van der Waals surface area contributed by atoms with Gasteiger partial charge >= 0.3 is 0 Å². The molecule has 5 heteroatoms. The molecular weight excluding hydrogens is 228 g/mol. The van der Waals surface area contributed by atoms with E-state index in [2.05, 4.69) is 20.2 Å². The first-order chi connectivity index (χ1) is 8.83. The number of benzene rings is 1. The minimum absolute atomic E-state index is 0.0108. The van der Waals surface area contributed by atoms with Crippen LogP contribution in [0.15, 0.2) is 41.5 Å². The van der Waals surface area contributed by atoms with Gasteiger partial charge in [-0.15, -0.1) is 0 Å². The number of H-pyrrole nitrogens is 2. The summed E-state index contributed by atoms with van der Waals surface area (Å²) < 4.78 is 0. The number of fused-ring (bicyclic) bond motifs is 3. The zero-order valence-electron chi connectivity index (χ0n) is 9.27. The van der Waals surface area contributed by atoms with Crippen LogP contribution >= 0.6 is 0 Å². The number of hydrogen-bond donors (Lipinski definition) is 2. The molecule has 4 aromatic rings. The number of hydrogen-bond acceptors (Lipinski definition) is 3. The third-order valence-electron chi connectivity index (χ3n) is 3.13. The van der Waals surface area contributed by atoms with Crippen molar-refractivity contribution in [2.75, 3.05) is 0 Å². The van der Waals surface area contributed by atoms with E-state index in [0.717, 1.165) is 16.4 Å². The van der Waals surface area contributed by atoms with Gasteiger partial charge in [-0.2, -0.15) is 5.10 Å². The summed E-state index contributed by atoms with van der Waals surface area (Å²) in [5, 5.41) is 9.05. The van der Waals surface area contributed by atoms with Crippen molar-refractivity contribution >= 4 is 32.8 Å². The Balaban J connectivity index is 2.33. The minimum atomic E-state index is -0.0108. The SMILES string of the molecule is O=c1c2cc3[nH]ncc3cc2[nH]c2ncccc12. The molecule has 0 saturated heterocycles. The highest BCUT2D eigenvalue weighted by atomic mass is 16.1. The number of rotatable bonds is 0. The third kappa shape index (κ3) is 1.13. The predicted octanol–water partition coefficient (Wildman–Crippen LogP) is 1.95. The minimum Gasteiger partial charge on any atom is -0.339 e. The van der Waals surface area contributed by atoms with Gasteiger partial charge in [0.1, 0.15) is 5.65 Å². The smallest absolute Gasteiger partial charge is 0.198 e. The maximum atomic E-state index is 12.4. The van der Waals surface area contributed by atoms with Gasteiger partial charge in [-0.05, 0) is 24.3 Å². The van der Waals surface area contributed by atoms with Gasteiger partial charge in [0, 0.05) is 17.0 Å². The average molecular weight is 236 g/mol. The van der Waals surface area contributed by atoms with Crippen LogP contribution in [0.2, 0.25) is 0 Å². The number of aromatic amines is 2. The molecule has 0 aliphatic heterocycles. The second-order valence-corrected chi connectivity index (χ2v) is 4.21. The van der Waals surface area contributed by atoms with Crippen molar-refractivity contribution in [1.29, 1.82) is 0 Å².